The molecule has 1 saturated carbocycles. The molecule has 3 nitrogen and oxygen atoms in total. The van der Waals surface area contributed by atoms with Crippen LogP contribution in [0.5, 0.6) is 0 Å². The molecule has 40 heavy (non-hydrogen) atoms. The summed E-state index contributed by atoms with van der Waals surface area (Å²) in [4.78, 5) is 3.16. The Morgan fingerprint density at radius 3 is 2.38 bits per heavy atom. The van der Waals surface area contributed by atoms with Gasteiger partial charge in [-0.2, -0.15) is 0 Å². The summed E-state index contributed by atoms with van der Waals surface area (Å²) in [5, 5.41) is 0. The Labute approximate surface area is 241 Å². The van der Waals surface area contributed by atoms with Crippen molar-refractivity contribution in [2.24, 2.45) is 41.1 Å². The van der Waals surface area contributed by atoms with Crippen molar-refractivity contribution in [3.05, 3.63) is 138 Å². The lowest BCUT2D eigenvalue weighted by Gasteiger charge is -2.43. The Bertz CT molecular complexity index is 1240. The van der Waals surface area contributed by atoms with Crippen LogP contribution >= 0.6 is 0 Å². The van der Waals surface area contributed by atoms with E-state index in [4.69, 9.17) is 11.5 Å². The highest BCUT2D eigenvalue weighted by atomic mass is 14.6. The van der Waals surface area contributed by atoms with Gasteiger partial charge in [0.05, 0.1) is 0 Å². The van der Waals surface area contributed by atoms with E-state index >= 15 is 0 Å². The van der Waals surface area contributed by atoms with Gasteiger partial charge in [0.25, 0.3) is 0 Å². The highest BCUT2D eigenvalue weighted by Crippen LogP contribution is 2.48. The molecule has 5 unspecified atom stereocenters. The fourth-order valence-corrected chi connectivity index (χ4v) is 6.62. The Morgan fingerprint density at radius 1 is 0.950 bits per heavy atom. The summed E-state index contributed by atoms with van der Waals surface area (Å²) in [6.45, 7) is 8.00. The molecule has 5 N–H and O–H groups in total. The van der Waals surface area contributed by atoms with Crippen LogP contribution in [0.3, 0.4) is 0 Å². The van der Waals surface area contributed by atoms with Gasteiger partial charge in [0.1, 0.15) is 0 Å². The van der Waals surface area contributed by atoms with E-state index in [2.05, 4.69) is 97.6 Å². The minimum absolute atomic E-state index is 0.477. The molecule has 0 aromatic carbocycles. The van der Waals surface area contributed by atoms with Gasteiger partial charge in [-0.1, -0.05) is 114 Å². The average molecular weight is 534 g/mol. The van der Waals surface area contributed by atoms with E-state index in [0.29, 0.717) is 42.7 Å². The number of hydrogen-bond acceptors (Lipinski definition) is 2. The SMILES string of the molecule is C=C(CC/C(=C\C)C1C=CC(c2cc[nH]c2)=CC1)C1CCC(/C(=C/C=C/C=C/C=C\CN)CN)C2C=CC=CC12. The first-order chi connectivity index (χ1) is 19.7. The van der Waals surface area contributed by atoms with Crippen LogP contribution in [0, 0.1) is 29.6 Å². The molecule has 3 aliphatic rings. The molecule has 3 aliphatic carbocycles. The number of hydrogen-bond donors (Lipinski definition) is 3. The zero-order valence-corrected chi connectivity index (χ0v) is 24.1. The minimum atomic E-state index is 0.477. The first kappa shape index (κ1) is 29.6. The van der Waals surface area contributed by atoms with Gasteiger partial charge in [-0.25, -0.2) is 0 Å². The Hall–Kier alpha value is -3.40. The van der Waals surface area contributed by atoms with Crippen LogP contribution in [0.4, 0.5) is 0 Å². The van der Waals surface area contributed by atoms with Gasteiger partial charge in [-0.3, -0.25) is 0 Å². The molecule has 0 radical (unpaired) electrons. The van der Waals surface area contributed by atoms with E-state index in [1.54, 1.807) is 0 Å². The van der Waals surface area contributed by atoms with Gasteiger partial charge in [0.2, 0.25) is 0 Å². The summed E-state index contributed by atoms with van der Waals surface area (Å²) in [7, 11) is 0. The number of nitrogens with two attached hydrogens (primary N) is 2. The van der Waals surface area contributed by atoms with E-state index in [-0.39, 0.29) is 0 Å². The predicted octanol–water partition coefficient (Wildman–Crippen LogP) is 8.15. The van der Waals surface area contributed by atoms with E-state index < -0.39 is 0 Å². The molecule has 1 fully saturated rings. The smallest absolute Gasteiger partial charge is 0.0142 e. The third-order valence-electron chi connectivity index (χ3n) is 8.82. The molecule has 0 amide bonds. The molecule has 5 atom stereocenters. The standard InChI is InChI=1S/C37H47N3/c1-3-29(30-17-19-31(20-18-30)33-23-25-40-27-33)16-15-28(2)34-21-22-35(37-14-10-9-13-36(34)37)32(26-39)12-8-6-4-5-7-11-24-38/h3-14,17,19-20,23,25,27,30,34-37,40H,2,15-16,18,21-22,24,26,38-39H2,1H3/b5-4+,8-6+,11-7-,29-3+,32-12+. The number of allylic oxidation sites excluding steroid dienone is 17. The Morgan fingerprint density at radius 2 is 1.70 bits per heavy atom. The van der Waals surface area contributed by atoms with Crippen LogP contribution in [0.15, 0.2) is 133 Å². The van der Waals surface area contributed by atoms with Gasteiger partial charge in [-0.15, -0.1) is 0 Å². The Balaban J connectivity index is 1.35. The van der Waals surface area contributed by atoms with E-state index in [9.17, 15) is 0 Å². The third-order valence-corrected chi connectivity index (χ3v) is 8.82. The van der Waals surface area contributed by atoms with Crippen molar-refractivity contribution in [3.8, 4) is 0 Å². The second-order valence-electron chi connectivity index (χ2n) is 11.1. The zero-order chi connectivity index (χ0) is 28.2. The zero-order valence-electron chi connectivity index (χ0n) is 24.1. The molecule has 0 aliphatic heterocycles. The number of H-pyrrole nitrogens is 1. The lowest BCUT2D eigenvalue weighted by molar-refractivity contribution is 0.197. The average Bonchev–Trinajstić information content (AvgIpc) is 3.54. The maximum atomic E-state index is 6.28. The van der Waals surface area contributed by atoms with Gasteiger partial charge in [0.15, 0.2) is 0 Å². The molecule has 3 heteroatoms. The van der Waals surface area contributed by atoms with Crippen LogP contribution in [0.1, 0.15) is 44.6 Å². The number of fused-ring (bicyclic) bond motifs is 1. The van der Waals surface area contributed by atoms with Crippen molar-refractivity contribution >= 4 is 5.57 Å². The molecule has 210 valence electrons. The number of rotatable bonds is 12. The fourth-order valence-electron chi connectivity index (χ4n) is 6.62. The quantitative estimate of drug-likeness (QED) is 0.187. The maximum Gasteiger partial charge on any atom is 0.0142 e. The second kappa shape index (κ2) is 15.4. The van der Waals surface area contributed by atoms with Crippen LogP contribution in [-0.2, 0) is 0 Å². The third kappa shape index (κ3) is 7.62. The van der Waals surface area contributed by atoms with Crippen LogP contribution < -0.4 is 11.5 Å². The molecule has 0 bridgehead atoms. The molecule has 4 rings (SSSR count). The van der Waals surface area contributed by atoms with Crippen molar-refractivity contribution in [2.75, 3.05) is 13.1 Å². The van der Waals surface area contributed by atoms with E-state index in [1.165, 1.54) is 34.3 Å². The van der Waals surface area contributed by atoms with Crippen LogP contribution in [0.2, 0.25) is 0 Å². The topological polar surface area (TPSA) is 67.8 Å². The predicted molar refractivity (Wildman–Crippen MR) is 173 cm³/mol. The van der Waals surface area contributed by atoms with E-state index in [0.717, 1.165) is 25.7 Å². The van der Waals surface area contributed by atoms with Crippen LogP contribution in [0.25, 0.3) is 5.57 Å². The molecular weight excluding hydrogens is 486 g/mol. The lowest BCUT2D eigenvalue weighted by atomic mass is 9.61. The van der Waals surface area contributed by atoms with Crippen molar-refractivity contribution in [3.63, 3.8) is 0 Å². The van der Waals surface area contributed by atoms with Crippen molar-refractivity contribution in [1.82, 2.24) is 4.98 Å². The molecule has 1 aromatic heterocycles. The lowest BCUT2D eigenvalue weighted by Crippen LogP contribution is -2.36. The van der Waals surface area contributed by atoms with Gasteiger partial charge >= 0.3 is 0 Å². The van der Waals surface area contributed by atoms with Crippen LogP contribution in [-0.4, -0.2) is 18.1 Å². The summed E-state index contributed by atoms with van der Waals surface area (Å²) >= 11 is 0. The maximum absolute atomic E-state index is 6.28. The molecule has 0 saturated heterocycles. The summed E-state index contributed by atoms with van der Waals surface area (Å²) in [6.07, 6.45) is 42.6. The number of aromatic nitrogens is 1. The molecule has 1 heterocycles. The largest absolute Gasteiger partial charge is 0.367 e. The fraction of sp³-hybridized carbons (Fsp3) is 0.351. The van der Waals surface area contributed by atoms with E-state index in [1.807, 2.05) is 30.5 Å². The summed E-state index contributed by atoms with van der Waals surface area (Å²) in [6, 6.07) is 2.14. The molecule has 0 spiro atoms. The highest BCUT2D eigenvalue weighted by molar-refractivity contribution is 5.74. The number of aromatic amines is 1. The highest BCUT2D eigenvalue weighted by Gasteiger charge is 2.39. The van der Waals surface area contributed by atoms with Gasteiger partial charge in [-0.05, 0) is 79.9 Å². The summed E-state index contributed by atoms with van der Waals surface area (Å²) in [5.74, 6) is 2.45. The first-order valence-corrected chi connectivity index (χ1v) is 14.9. The monoisotopic (exact) mass is 533 g/mol. The summed E-state index contributed by atoms with van der Waals surface area (Å²) < 4.78 is 0. The molecular formula is C37H47N3. The van der Waals surface area contributed by atoms with Crippen molar-refractivity contribution in [1.29, 1.82) is 0 Å². The minimum Gasteiger partial charge on any atom is -0.367 e. The summed E-state index contributed by atoms with van der Waals surface area (Å²) in [5.41, 5.74) is 18.6. The molecule has 1 aromatic rings. The van der Waals surface area contributed by atoms with Gasteiger partial charge in [0, 0.05) is 31.4 Å². The first-order valence-electron chi connectivity index (χ1n) is 14.9. The Kier molecular flexibility index (Phi) is 11.4. The number of nitrogens with one attached hydrogen (secondary N) is 1. The van der Waals surface area contributed by atoms with Gasteiger partial charge < -0.3 is 16.5 Å². The second-order valence-corrected chi connectivity index (χ2v) is 11.1. The van der Waals surface area contributed by atoms with Crippen molar-refractivity contribution < 1.29 is 0 Å². The van der Waals surface area contributed by atoms with Crippen molar-refractivity contribution in [2.45, 2.75) is 39.0 Å². The normalized spacial score (nSPS) is 27.2.